The van der Waals surface area contributed by atoms with Crippen LogP contribution < -0.4 is 4.90 Å². The molecule has 0 amide bonds. The molecular formula is C58H40N2. The molecule has 0 spiro atoms. The summed E-state index contributed by atoms with van der Waals surface area (Å²) in [4.78, 5) is 2.46. The van der Waals surface area contributed by atoms with Crippen molar-refractivity contribution in [3.8, 4) is 50.2 Å². The number of hydrogen-bond acceptors (Lipinski definition) is 1. The molecule has 282 valence electrons. The molecule has 0 aliphatic carbocycles. The molecule has 1 heterocycles. The lowest BCUT2D eigenvalue weighted by atomic mass is 9.88. The second-order valence-electron chi connectivity index (χ2n) is 15.3. The van der Waals surface area contributed by atoms with Crippen molar-refractivity contribution in [1.82, 2.24) is 4.57 Å². The van der Waals surface area contributed by atoms with Crippen LogP contribution in [0.1, 0.15) is 0 Å². The van der Waals surface area contributed by atoms with Gasteiger partial charge < -0.3 is 9.47 Å². The van der Waals surface area contributed by atoms with Crippen LogP contribution in [0.25, 0.3) is 82.8 Å². The number of aromatic nitrogens is 1. The highest BCUT2D eigenvalue weighted by Gasteiger charge is 2.22. The van der Waals surface area contributed by atoms with Gasteiger partial charge in [0.2, 0.25) is 0 Å². The number of para-hydroxylation sites is 3. The van der Waals surface area contributed by atoms with Gasteiger partial charge in [-0.25, -0.2) is 0 Å². The van der Waals surface area contributed by atoms with Crippen LogP contribution in [0.15, 0.2) is 243 Å². The van der Waals surface area contributed by atoms with Gasteiger partial charge in [0, 0.05) is 33.4 Å². The minimum absolute atomic E-state index is 1.08. The summed E-state index contributed by atoms with van der Waals surface area (Å²) in [6.07, 6.45) is 0. The Morgan fingerprint density at radius 2 is 0.800 bits per heavy atom. The molecule has 2 heteroatoms. The standard InChI is InChI=1S/C58H40N2/c1-3-19-41(20-4-1)48-28-9-10-29-50(48)51-30-11-12-31-52(51)53-32-13-15-35-56(53)59(45-26-17-23-43(39-45)49-34-18-22-42-21-7-8-27-47(42)49)46-37-38-58-55(40-46)54-33-14-16-36-57(54)60(58)44-24-5-2-6-25-44/h1-40H. The fraction of sp³-hybridized carbons (Fsp3) is 0. The van der Waals surface area contributed by atoms with Crippen molar-refractivity contribution < 1.29 is 0 Å². The number of hydrogen-bond donors (Lipinski definition) is 0. The highest BCUT2D eigenvalue weighted by atomic mass is 15.1. The van der Waals surface area contributed by atoms with E-state index in [4.69, 9.17) is 0 Å². The first-order valence-corrected chi connectivity index (χ1v) is 20.6. The third kappa shape index (κ3) is 6.14. The van der Waals surface area contributed by atoms with E-state index in [-0.39, 0.29) is 0 Å². The molecule has 2 nitrogen and oxygen atoms in total. The normalized spacial score (nSPS) is 11.3. The summed E-state index contributed by atoms with van der Waals surface area (Å²) in [5, 5.41) is 4.90. The first-order chi connectivity index (χ1) is 29.8. The Labute approximate surface area is 350 Å². The van der Waals surface area contributed by atoms with Gasteiger partial charge in [0.05, 0.1) is 16.7 Å². The van der Waals surface area contributed by atoms with Crippen LogP contribution in [-0.4, -0.2) is 4.57 Å². The Balaban J connectivity index is 1.15. The molecule has 0 unspecified atom stereocenters. The van der Waals surface area contributed by atoms with Crippen LogP contribution in [0.4, 0.5) is 17.1 Å². The van der Waals surface area contributed by atoms with Gasteiger partial charge in [-0.2, -0.15) is 0 Å². The first kappa shape index (κ1) is 35.2. The lowest BCUT2D eigenvalue weighted by Crippen LogP contribution is -2.11. The van der Waals surface area contributed by atoms with Gasteiger partial charge in [-0.1, -0.05) is 188 Å². The van der Waals surface area contributed by atoms with Gasteiger partial charge in [0.15, 0.2) is 0 Å². The second-order valence-corrected chi connectivity index (χ2v) is 15.3. The fourth-order valence-corrected chi connectivity index (χ4v) is 9.11. The molecule has 0 saturated carbocycles. The van der Waals surface area contributed by atoms with E-state index >= 15 is 0 Å². The Morgan fingerprint density at radius 3 is 1.60 bits per heavy atom. The first-order valence-electron chi connectivity index (χ1n) is 20.6. The predicted molar refractivity (Wildman–Crippen MR) is 255 cm³/mol. The third-order valence-corrected chi connectivity index (χ3v) is 11.8. The molecule has 60 heavy (non-hydrogen) atoms. The monoisotopic (exact) mass is 764 g/mol. The summed E-state index contributed by atoms with van der Waals surface area (Å²) >= 11 is 0. The van der Waals surface area contributed by atoms with Crippen LogP contribution in [0, 0.1) is 0 Å². The zero-order chi connectivity index (χ0) is 39.8. The van der Waals surface area contributed by atoms with Gasteiger partial charge in [0.1, 0.15) is 0 Å². The minimum atomic E-state index is 1.08. The van der Waals surface area contributed by atoms with Crippen LogP contribution in [0.3, 0.4) is 0 Å². The highest BCUT2D eigenvalue weighted by molar-refractivity contribution is 6.11. The average molecular weight is 765 g/mol. The molecule has 0 saturated heterocycles. The topological polar surface area (TPSA) is 8.17 Å². The Bertz CT molecular complexity index is 3320. The number of anilines is 3. The van der Waals surface area contributed by atoms with Crippen molar-refractivity contribution in [2.75, 3.05) is 4.90 Å². The van der Waals surface area contributed by atoms with Crippen LogP contribution in [-0.2, 0) is 0 Å². The molecule has 11 rings (SSSR count). The maximum atomic E-state index is 2.46. The SMILES string of the molecule is c1ccc(-c2ccccc2-c2ccccc2-c2ccccc2N(c2cccc(-c3cccc4ccccc34)c2)c2ccc3c(c2)c2ccccc2n3-c2ccccc2)cc1. The summed E-state index contributed by atoms with van der Waals surface area (Å²) in [6, 6.07) is 88.0. The highest BCUT2D eigenvalue weighted by Crippen LogP contribution is 2.47. The van der Waals surface area contributed by atoms with Gasteiger partial charge in [-0.15, -0.1) is 0 Å². The summed E-state index contributed by atoms with van der Waals surface area (Å²) in [6.45, 7) is 0. The third-order valence-electron chi connectivity index (χ3n) is 11.8. The average Bonchev–Trinajstić information content (AvgIpc) is 3.66. The van der Waals surface area contributed by atoms with E-state index in [1.165, 1.54) is 71.5 Å². The van der Waals surface area contributed by atoms with Gasteiger partial charge in [0.25, 0.3) is 0 Å². The number of rotatable bonds is 8. The largest absolute Gasteiger partial charge is 0.310 e. The van der Waals surface area contributed by atoms with Crippen molar-refractivity contribution in [1.29, 1.82) is 0 Å². The van der Waals surface area contributed by atoms with Crippen molar-refractivity contribution in [3.63, 3.8) is 0 Å². The summed E-state index contributed by atoms with van der Waals surface area (Å²) in [7, 11) is 0. The number of fused-ring (bicyclic) bond motifs is 4. The molecular weight excluding hydrogens is 725 g/mol. The zero-order valence-corrected chi connectivity index (χ0v) is 33.0. The van der Waals surface area contributed by atoms with E-state index in [1.807, 2.05) is 0 Å². The Hall–Kier alpha value is -7.94. The van der Waals surface area contributed by atoms with E-state index in [2.05, 4.69) is 252 Å². The van der Waals surface area contributed by atoms with E-state index in [0.717, 1.165) is 28.3 Å². The molecule has 10 aromatic carbocycles. The van der Waals surface area contributed by atoms with Gasteiger partial charge in [-0.05, 0) is 104 Å². The Morgan fingerprint density at radius 1 is 0.283 bits per heavy atom. The fourth-order valence-electron chi connectivity index (χ4n) is 9.11. The maximum absolute atomic E-state index is 2.46. The molecule has 0 N–H and O–H groups in total. The van der Waals surface area contributed by atoms with E-state index < -0.39 is 0 Å². The van der Waals surface area contributed by atoms with Crippen molar-refractivity contribution in [3.05, 3.63) is 243 Å². The lowest BCUT2D eigenvalue weighted by molar-refractivity contribution is 1.18. The number of nitrogens with zero attached hydrogens (tertiary/aromatic N) is 2. The predicted octanol–water partition coefficient (Wildman–Crippen LogP) is 16.1. The lowest BCUT2D eigenvalue weighted by Gasteiger charge is -2.29. The molecule has 0 fully saturated rings. The molecule has 0 bridgehead atoms. The van der Waals surface area contributed by atoms with Crippen LogP contribution in [0.5, 0.6) is 0 Å². The van der Waals surface area contributed by atoms with E-state index in [0.29, 0.717) is 0 Å². The second kappa shape index (κ2) is 15.1. The molecule has 1 aromatic heterocycles. The molecule has 0 aliphatic rings. The van der Waals surface area contributed by atoms with Gasteiger partial charge >= 0.3 is 0 Å². The van der Waals surface area contributed by atoms with Crippen LogP contribution in [0.2, 0.25) is 0 Å². The van der Waals surface area contributed by atoms with E-state index in [1.54, 1.807) is 0 Å². The quantitative estimate of drug-likeness (QED) is 0.150. The molecule has 0 aliphatic heterocycles. The van der Waals surface area contributed by atoms with Crippen LogP contribution >= 0.6 is 0 Å². The molecule has 0 atom stereocenters. The number of benzene rings is 10. The van der Waals surface area contributed by atoms with Crippen molar-refractivity contribution in [2.24, 2.45) is 0 Å². The van der Waals surface area contributed by atoms with Crippen molar-refractivity contribution in [2.45, 2.75) is 0 Å². The maximum Gasteiger partial charge on any atom is 0.0542 e. The minimum Gasteiger partial charge on any atom is -0.310 e. The summed E-state index contributed by atoms with van der Waals surface area (Å²) in [5.41, 5.74) is 16.3. The van der Waals surface area contributed by atoms with Crippen molar-refractivity contribution >= 4 is 49.6 Å². The Kier molecular flexibility index (Phi) is 8.87. The summed E-state index contributed by atoms with van der Waals surface area (Å²) < 4.78 is 2.38. The summed E-state index contributed by atoms with van der Waals surface area (Å²) in [5.74, 6) is 0. The van der Waals surface area contributed by atoms with E-state index in [9.17, 15) is 0 Å². The zero-order valence-electron chi connectivity index (χ0n) is 33.0. The van der Waals surface area contributed by atoms with Gasteiger partial charge in [-0.3, -0.25) is 0 Å². The molecule has 11 aromatic rings. The smallest absolute Gasteiger partial charge is 0.0542 e. The molecule has 0 radical (unpaired) electrons.